The molecule has 0 radical (unpaired) electrons. The summed E-state index contributed by atoms with van der Waals surface area (Å²) < 4.78 is 37.6. The number of hydrogen-bond donors (Lipinski definition) is 1. The number of carbonyl (C=O) groups excluding carboxylic acids is 2. The van der Waals surface area contributed by atoms with Gasteiger partial charge in [0.1, 0.15) is 17.1 Å². The second kappa shape index (κ2) is 6.27. The average molecular weight is 347 g/mol. The third-order valence-corrected chi connectivity index (χ3v) is 3.52. The van der Waals surface area contributed by atoms with Crippen molar-refractivity contribution in [2.45, 2.75) is 0 Å². The van der Waals surface area contributed by atoms with Gasteiger partial charge in [0.05, 0.1) is 19.9 Å². The van der Waals surface area contributed by atoms with E-state index in [1.807, 2.05) is 0 Å². The Morgan fingerprint density at radius 2 is 1.56 bits per heavy atom. The number of aromatic nitrogens is 2. The zero-order chi connectivity index (χ0) is 18.1. The largest absolute Gasteiger partial charge is 0.494 e. The molecule has 0 fully saturated rings. The number of fused-ring (bicyclic) bond motifs is 1. The summed E-state index contributed by atoms with van der Waals surface area (Å²) in [5.41, 5.74) is -1.10. The lowest BCUT2D eigenvalue weighted by Crippen LogP contribution is -2.29. The van der Waals surface area contributed by atoms with Crippen LogP contribution in [-0.4, -0.2) is 35.8 Å². The molecule has 1 aromatic heterocycles. The molecule has 9 heteroatoms. The van der Waals surface area contributed by atoms with Gasteiger partial charge in [0, 0.05) is 12.4 Å². The molecule has 3 rings (SSSR count). The summed E-state index contributed by atoms with van der Waals surface area (Å²) in [5.74, 6) is -4.59. The van der Waals surface area contributed by atoms with Gasteiger partial charge in [-0.2, -0.15) is 4.39 Å². The number of carbonyl (C=O) groups is 2. The SMILES string of the molecule is COC1=C(Nc2ccc(OC)c(F)c2F)C(=O)c2nccnc2C1=O. The Hall–Kier alpha value is -3.36. The van der Waals surface area contributed by atoms with Gasteiger partial charge in [0.2, 0.25) is 11.6 Å². The number of allylic oxidation sites excluding steroid dienone is 2. The normalized spacial score (nSPS) is 13.6. The van der Waals surface area contributed by atoms with Crippen molar-refractivity contribution in [1.82, 2.24) is 9.97 Å². The highest BCUT2D eigenvalue weighted by atomic mass is 19.2. The number of rotatable bonds is 4. The topological polar surface area (TPSA) is 90.4 Å². The molecule has 0 spiro atoms. The number of methoxy groups -OCH3 is 2. The minimum atomic E-state index is -1.27. The second-order valence-corrected chi connectivity index (χ2v) is 4.89. The molecule has 1 aromatic carbocycles. The molecule has 0 saturated carbocycles. The molecule has 0 amide bonds. The number of Topliss-reactive ketones (excluding diaryl/α,β-unsaturated/α-hetero) is 2. The van der Waals surface area contributed by atoms with E-state index in [0.29, 0.717) is 0 Å². The Balaban J connectivity index is 2.09. The third kappa shape index (κ3) is 2.59. The van der Waals surface area contributed by atoms with Gasteiger partial charge in [-0.05, 0) is 12.1 Å². The highest BCUT2D eigenvalue weighted by Crippen LogP contribution is 2.30. The zero-order valence-corrected chi connectivity index (χ0v) is 13.1. The Morgan fingerprint density at radius 1 is 0.920 bits per heavy atom. The van der Waals surface area contributed by atoms with Crippen LogP contribution in [-0.2, 0) is 4.74 Å². The van der Waals surface area contributed by atoms with Crippen molar-refractivity contribution in [3.63, 3.8) is 0 Å². The Labute approximate surface area is 140 Å². The number of anilines is 1. The van der Waals surface area contributed by atoms with E-state index in [4.69, 9.17) is 4.74 Å². The lowest BCUT2D eigenvalue weighted by Gasteiger charge is -2.19. The molecule has 1 aliphatic carbocycles. The van der Waals surface area contributed by atoms with Gasteiger partial charge in [-0.15, -0.1) is 0 Å². The summed E-state index contributed by atoms with van der Waals surface area (Å²) in [5, 5.41) is 2.41. The van der Waals surface area contributed by atoms with Crippen LogP contribution in [0.1, 0.15) is 21.0 Å². The van der Waals surface area contributed by atoms with Gasteiger partial charge in [0.25, 0.3) is 5.78 Å². The number of ether oxygens (including phenoxy) is 2. The molecule has 2 aromatic rings. The molecule has 0 bridgehead atoms. The van der Waals surface area contributed by atoms with E-state index in [-0.39, 0.29) is 34.3 Å². The number of hydrogen-bond acceptors (Lipinski definition) is 7. The molecule has 0 unspecified atom stereocenters. The fourth-order valence-corrected chi connectivity index (χ4v) is 2.34. The molecule has 0 aliphatic heterocycles. The molecule has 0 saturated heterocycles. The molecule has 7 nitrogen and oxygen atoms in total. The first-order chi connectivity index (χ1) is 12.0. The summed E-state index contributed by atoms with van der Waals surface area (Å²) in [4.78, 5) is 32.6. The highest BCUT2D eigenvalue weighted by molar-refractivity contribution is 6.25. The summed E-state index contributed by atoms with van der Waals surface area (Å²) in [6.07, 6.45) is 2.50. The first kappa shape index (κ1) is 16.5. The molecule has 1 heterocycles. The van der Waals surface area contributed by atoms with Crippen molar-refractivity contribution in [3.8, 4) is 5.75 Å². The van der Waals surface area contributed by atoms with Crippen LogP contribution in [0.5, 0.6) is 5.75 Å². The van der Waals surface area contributed by atoms with Crippen LogP contribution in [0.3, 0.4) is 0 Å². The van der Waals surface area contributed by atoms with Crippen LogP contribution >= 0.6 is 0 Å². The molecular formula is C16H11F2N3O4. The number of ketones is 2. The highest BCUT2D eigenvalue weighted by Gasteiger charge is 2.36. The maximum Gasteiger partial charge on any atom is 0.250 e. The van der Waals surface area contributed by atoms with E-state index in [9.17, 15) is 18.4 Å². The third-order valence-electron chi connectivity index (χ3n) is 3.52. The molecular weight excluding hydrogens is 336 g/mol. The minimum Gasteiger partial charge on any atom is -0.494 e. The zero-order valence-electron chi connectivity index (χ0n) is 13.1. The molecule has 1 N–H and O–H groups in total. The lowest BCUT2D eigenvalue weighted by molar-refractivity contribution is 0.0899. The van der Waals surface area contributed by atoms with E-state index >= 15 is 0 Å². The van der Waals surface area contributed by atoms with Gasteiger partial charge >= 0.3 is 0 Å². The predicted octanol–water partition coefficient (Wildman–Crippen LogP) is 2.11. The fraction of sp³-hybridized carbons (Fsp3) is 0.125. The number of nitrogens with zero attached hydrogens (tertiary/aromatic N) is 2. The van der Waals surface area contributed by atoms with E-state index in [1.54, 1.807) is 0 Å². The standard InChI is InChI=1S/C16H11F2N3O4/c1-24-8-4-3-7(9(17)10(8)18)21-13-14(22)11-12(20-6-5-19-11)15(23)16(13)25-2/h3-6,21H,1-2H3. The molecule has 1 aliphatic rings. The van der Waals surface area contributed by atoms with E-state index in [0.717, 1.165) is 0 Å². The quantitative estimate of drug-likeness (QED) is 0.906. The van der Waals surface area contributed by atoms with Gasteiger partial charge in [0.15, 0.2) is 17.3 Å². The van der Waals surface area contributed by atoms with Gasteiger partial charge in [-0.1, -0.05) is 0 Å². The Bertz CT molecular complexity index is 928. The first-order valence-electron chi connectivity index (χ1n) is 6.97. The van der Waals surface area contributed by atoms with E-state index in [2.05, 4.69) is 20.0 Å². The van der Waals surface area contributed by atoms with Crippen molar-refractivity contribution in [2.75, 3.05) is 19.5 Å². The monoisotopic (exact) mass is 347 g/mol. The van der Waals surface area contributed by atoms with Crippen molar-refractivity contribution in [3.05, 3.63) is 59.0 Å². The number of benzene rings is 1. The Morgan fingerprint density at radius 3 is 2.16 bits per heavy atom. The number of halogens is 2. The molecule has 25 heavy (non-hydrogen) atoms. The van der Waals surface area contributed by atoms with Crippen molar-refractivity contribution in [2.24, 2.45) is 0 Å². The minimum absolute atomic E-state index is 0.170. The van der Waals surface area contributed by atoms with Crippen LogP contribution < -0.4 is 10.1 Å². The van der Waals surface area contributed by atoms with E-state index in [1.165, 1.54) is 38.7 Å². The van der Waals surface area contributed by atoms with Gasteiger partial charge in [-0.25, -0.2) is 14.4 Å². The molecule has 0 atom stereocenters. The summed E-state index contributed by atoms with van der Waals surface area (Å²) in [6.45, 7) is 0. The maximum atomic E-state index is 14.2. The van der Waals surface area contributed by atoms with Gasteiger partial charge in [-0.3, -0.25) is 9.59 Å². The summed E-state index contributed by atoms with van der Waals surface area (Å²) in [7, 11) is 2.37. The summed E-state index contributed by atoms with van der Waals surface area (Å²) in [6, 6.07) is 2.35. The van der Waals surface area contributed by atoms with Crippen molar-refractivity contribution >= 4 is 17.3 Å². The van der Waals surface area contributed by atoms with Crippen LogP contribution in [0, 0.1) is 11.6 Å². The Kier molecular flexibility index (Phi) is 4.14. The average Bonchev–Trinajstić information content (AvgIpc) is 2.63. The fourth-order valence-electron chi connectivity index (χ4n) is 2.34. The lowest BCUT2D eigenvalue weighted by atomic mass is 9.99. The molecule has 128 valence electrons. The first-order valence-corrected chi connectivity index (χ1v) is 6.97. The number of nitrogens with one attached hydrogen (secondary N) is 1. The van der Waals surface area contributed by atoms with Crippen molar-refractivity contribution < 1.29 is 27.8 Å². The van der Waals surface area contributed by atoms with Crippen molar-refractivity contribution in [1.29, 1.82) is 0 Å². The second-order valence-electron chi connectivity index (χ2n) is 4.89. The maximum absolute atomic E-state index is 14.2. The van der Waals surface area contributed by atoms with Gasteiger partial charge < -0.3 is 14.8 Å². The smallest absolute Gasteiger partial charge is 0.250 e. The predicted molar refractivity (Wildman–Crippen MR) is 81.3 cm³/mol. The van der Waals surface area contributed by atoms with Crippen LogP contribution in [0.4, 0.5) is 14.5 Å². The van der Waals surface area contributed by atoms with Crippen LogP contribution in [0.2, 0.25) is 0 Å². The van der Waals surface area contributed by atoms with E-state index < -0.39 is 23.2 Å². The van der Waals surface area contributed by atoms with Crippen LogP contribution in [0.15, 0.2) is 36.0 Å². The van der Waals surface area contributed by atoms with Crippen LogP contribution in [0.25, 0.3) is 0 Å². The summed E-state index contributed by atoms with van der Waals surface area (Å²) >= 11 is 0.